The summed E-state index contributed by atoms with van der Waals surface area (Å²) in [5.41, 5.74) is 0.951. The van der Waals surface area contributed by atoms with Crippen molar-refractivity contribution in [1.82, 2.24) is 10.3 Å². The third-order valence-corrected chi connectivity index (χ3v) is 4.74. The highest BCUT2D eigenvalue weighted by Crippen LogP contribution is 2.40. The van der Waals surface area contributed by atoms with Gasteiger partial charge >= 0.3 is 0 Å². The first-order valence-corrected chi connectivity index (χ1v) is 7.21. The molecule has 1 aromatic heterocycles. The van der Waals surface area contributed by atoms with Crippen LogP contribution in [-0.4, -0.2) is 22.2 Å². The molecule has 2 unspecified atom stereocenters. The van der Waals surface area contributed by atoms with E-state index in [0.717, 1.165) is 21.1 Å². The number of aromatic nitrogens is 1. The number of nitrogens with one attached hydrogen (secondary N) is 1. The Hall–Kier alpha value is 0.0300. The number of hydrogen-bond donors (Lipinski definition) is 2. The largest absolute Gasteiger partial charge is 0.392 e. The highest BCUT2D eigenvalue weighted by atomic mass is 79.9. The van der Waals surface area contributed by atoms with Gasteiger partial charge in [0.05, 0.1) is 11.8 Å². The molecule has 2 N–H and O–H groups in total. The SMILES string of the molecule is CC1(C)C(O)CC1NCc1ncc(Br)cc1Br. The lowest BCUT2D eigenvalue weighted by atomic mass is 9.64. The van der Waals surface area contributed by atoms with Crippen molar-refractivity contribution < 1.29 is 5.11 Å². The molecule has 5 heteroatoms. The maximum atomic E-state index is 9.66. The summed E-state index contributed by atoms with van der Waals surface area (Å²) in [7, 11) is 0. The average molecular weight is 364 g/mol. The Kier molecular flexibility index (Phi) is 3.92. The van der Waals surface area contributed by atoms with Crippen molar-refractivity contribution in [2.45, 2.75) is 39.0 Å². The molecular formula is C12H16Br2N2O. The van der Waals surface area contributed by atoms with E-state index < -0.39 is 0 Å². The minimum atomic E-state index is -0.193. The minimum absolute atomic E-state index is 0.0398. The Labute approximate surface area is 118 Å². The number of aliphatic hydroxyl groups is 1. The smallest absolute Gasteiger partial charge is 0.0684 e. The quantitative estimate of drug-likeness (QED) is 0.867. The molecule has 0 spiro atoms. The molecule has 0 bridgehead atoms. The fourth-order valence-corrected chi connectivity index (χ4v) is 3.17. The van der Waals surface area contributed by atoms with Crippen LogP contribution in [0.3, 0.4) is 0 Å². The van der Waals surface area contributed by atoms with Crippen LogP contribution in [0.2, 0.25) is 0 Å². The van der Waals surface area contributed by atoms with Crippen molar-refractivity contribution >= 4 is 31.9 Å². The Morgan fingerprint density at radius 3 is 2.76 bits per heavy atom. The first-order valence-electron chi connectivity index (χ1n) is 5.62. The second kappa shape index (κ2) is 4.96. The second-order valence-electron chi connectivity index (χ2n) is 5.09. The highest BCUT2D eigenvalue weighted by Gasteiger charge is 2.46. The number of rotatable bonds is 3. The van der Waals surface area contributed by atoms with E-state index in [1.807, 2.05) is 6.07 Å². The van der Waals surface area contributed by atoms with Gasteiger partial charge in [0.1, 0.15) is 0 Å². The Bertz CT molecular complexity index is 423. The number of nitrogens with zero attached hydrogens (tertiary/aromatic N) is 1. The molecule has 17 heavy (non-hydrogen) atoms. The molecule has 1 aliphatic carbocycles. The fourth-order valence-electron chi connectivity index (χ4n) is 2.04. The lowest BCUT2D eigenvalue weighted by Gasteiger charge is -2.49. The van der Waals surface area contributed by atoms with Gasteiger partial charge in [0, 0.05) is 33.1 Å². The lowest BCUT2D eigenvalue weighted by molar-refractivity contribution is -0.0730. The molecular weight excluding hydrogens is 348 g/mol. The summed E-state index contributed by atoms with van der Waals surface area (Å²) in [6, 6.07) is 2.35. The van der Waals surface area contributed by atoms with E-state index in [9.17, 15) is 5.11 Å². The third-order valence-electron chi connectivity index (χ3n) is 3.62. The number of halogens is 2. The average Bonchev–Trinajstić information content (AvgIpc) is 2.26. The normalized spacial score (nSPS) is 26.6. The summed E-state index contributed by atoms with van der Waals surface area (Å²) in [4.78, 5) is 4.36. The zero-order chi connectivity index (χ0) is 12.6. The van der Waals surface area contributed by atoms with Gasteiger partial charge in [-0.2, -0.15) is 0 Å². The van der Waals surface area contributed by atoms with Crippen molar-refractivity contribution in [1.29, 1.82) is 0 Å². The maximum Gasteiger partial charge on any atom is 0.0684 e. The van der Waals surface area contributed by atoms with E-state index in [1.54, 1.807) is 6.20 Å². The van der Waals surface area contributed by atoms with E-state index in [2.05, 4.69) is 56.0 Å². The zero-order valence-corrected chi connectivity index (χ0v) is 13.0. The van der Waals surface area contributed by atoms with Crippen LogP contribution in [0.25, 0.3) is 0 Å². The molecule has 94 valence electrons. The van der Waals surface area contributed by atoms with E-state index in [0.29, 0.717) is 12.6 Å². The van der Waals surface area contributed by atoms with Crippen molar-refractivity contribution in [2.75, 3.05) is 0 Å². The van der Waals surface area contributed by atoms with Crippen LogP contribution in [0.1, 0.15) is 26.0 Å². The number of aliphatic hydroxyl groups excluding tert-OH is 1. The second-order valence-corrected chi connectivity index (χ2v) is 6.86. The highest BCUT2D eigenvalue weighted by molar-refractivity contribution is 9.11. The summed E-state index contributed by atoms with van der Waals surface area (Å²) in [5, 5.41) is 13.1. The predicted molar refractivity (Wildman–Crippen MR) is 74.7 cm³/mol. The van der Waals surface area contributed by atoms with Crippen molar-refractivity contribution in [2.24, 2.45) is 5.41 Å². The Morgan fingerprint density at radius 2 is 2.24 bits per heavy atom. The Balaban J connectivity index is 1.95. The molecule has 1 heterocycles. The van der Waals surface area contributed by atoms with Crippen LogP contribution in [0.4, 0.5) is 0 Å². The molecule has 0 radical (unpaired) electrons. The van der Waals surface area contributed by atoms with Gasteiger partial charge in [-0.15, -0.1) is 0 Å². The van der Waals surface area contributed by atoms with Gasteiger partial charge in [0.25, 0.3) is 0 Å². The molecule has 2 rings (SSSR count). The van der Waals surface area contributed by atoms with Gasteiger partial charge in [-0.3, -0.25) is 4.98 Å². The van der Waals surface area contributed by atoms with Gasteiger partial charge in [-0.1, -0.05) is 13.8 Å². The van der Waals surface area contributed by atoms with Crippen LogP contribution in [0.5, 0.6) is 0 Å². The molecule has 1 saturated carbocycles. The fraction of sp³-hybridized carbons (Fsp3) is 0.583. The van der Waals surface area contributed by atoms with Crippen LogP contribution in [0, 0.1) is 5.41 Å². The summed E-state index contributed by atoms with van der Waals surface area (Å²) in [6.45, 7) is 4.89. The molecule has 1 aliphatic rings. The first-order chi connectivity index (χ1) is 7.91. The number of hydrogen-bond acceptors (Lipinski definition) is 3. The van der Waals surface area contributed by atoms with E-state index in [-0.39, 0.29) is 11.5 Å². The molecule has 2 atom stereocenters. The molecule has 1 aromatic rings. The maximum absolute atomic E-state index is 9.66. The van der Waals surface area contributed by atoms with Gasteiger partial charge in [-0.25, -0.2) is 0 Å². The van der Waals surface area contributed by atoms with E-state index in [4.69, 9.17) is 0 Å². The van der Waals surface area contributed by atoms with E-state index >= 15 is 0 Å². The minimum Gasteiger partial charge on any atom is -0.392 e. The van der Waals surface area contributed by atoms with Crippen molar-refractivity contribution in [3.63, 3.8) is 0 Å². The summed E-state index contributed by atoms with van der Waals surface area (Å²) < 4.78 is 1.96. The van der Waals surface area contributed by atoms with Crippen LogP contribution in [-0.2, 0) is 6.54 Å². The monoisotopic (exact) mass is 362 g/mol. The van der Waals surface area contributed by atoms with Gasteiger partial charge in [0.2, 0.25) is 0 Å². The molecule has 0 saturated heterocycles. The van der Waals surface area contributed by atoms with Crippen LogP contribution >= 0.6 is 31.9 Å². The van der Waals surface area contributed by atoms with Crippen LogP contribution in [0.15, 0.2) is 21.2 Å². The van der Waals surface area contributed by atoms with Gasteiger partial charge in [0.15, 0.2) is 0 Å². The molecule has 1 fully saturated rings. The van der Waals surface area contributed by atoms with Gasteiger partial charge in [-0.05, 0) is 44.3 Å². The van der Waals surface area contributed by atoms with E-state index in [1.165, 1.54) is 0 Å². The summed E-state index contributed by atoms with van der Waals surface area (Å²) in [6.07, 6.45) is 2.42. The van der Waals surface area contributed by atoms with Crippen molar-refractivity contribution in [3.05, 3.63) is 26.9 Å². The summed E-state index contributed by atoms with van der Waals surface area (Å²) in [5.74, 6) is 0. The van der Waals surface area contributed by atoms with Crippen LogP contribution < -0.4 is 5.32 Å². The summed E-state index contributed by atoms with van der Waals surface area (Å²) >= 11 is 6.88. The molecule has 3 nitrogen and oxygen atoms in total. The van der Waals surface area contributed by atoms with Crippen molar-refractivity contribution in [3.8, 4) is 0 Å². The standard InChI is InChI=1S/C12H16Br2N2O/c1-12(2)10(4-11(12)17)16-6-9-8(14)3-7(13)5-15-9/h3,5,10-11,16-17H,4,6H2,1-2H3. The van der Waals surface area contributed by atoms with Gasteiger partial charge < -0.3 is 10.4 Å². The predicted octanol–water partition coefficient (Wildman–Crippen LogP) is 2.86. The number of pyridine rings is 1. The Morgan fingerprint density at radius 1 is 1.53 bits per heavy atom. The molecule has 0 amide bonds. The lowest BCUT2D eigenvalue weighted by Crippen LogP contribution is -2.59. The zero-order valence-electron chi connectivity index (χ0n) is 9.87. The molecule has 0 aromatic carbocycles. The topological polar surface area (TPSA) is 45.1 Å². The first kappa shape index (κ1) is 13.5. The molecule has 0 aliphatic heterocycles. The third kappa shape index (κ3) is 2.72.